The highest BCUT2D eigenvalue weighted by Gasteiger charge is 2.32. The van der Waals surface area contributed by atoms with Gasteiger partial charge in [0.15, 0.2) is 0 Å². The molecule has 2 aromatic carbocycles. The maximum Gasteiger partial charge on any atom is 0.419 e. The van der Waals surface area contributed by atoms with Gasteiger partial charge < -0.3 is 14.2 Å². The third-order valence-electron chi connectivity index (χ3n) is 8.43. The summed E-state index contributed by atoms with van der Waals surface area (Å²) >= 11 is 0. The van der Waals surface area contributed by atoms with Crippen LogP contribution < -0.4 is 4.74 Å². The first-order chi connectivity index (χ1) is 19.6. The molecule has 1 aliphatic heterocycles. The van der Waals surface area contributed by atoms with Crippen molar-refractivity contribution in [2.45, 2.75) is 65.1 Å². The third kappa shape index (κ3) is 6.28. The molecule has 1 unspecified atom stereocenters. The number of ether oxygens (including phenoxy) is 3. The van der Waals surface area contributed by atoms with E-state index >= 15 is 0 Å². The molecule has 1 atom stereocenters. The third-order valence-corrected chi connectivity index (χ3v) is 8.43. The molecular weight excluding hydrogens is 518 g/mol. The Morgan fingerprint density at radius 3 is 2.37 bits per heavy atom. The fraction of sp³-hybridized carbons (Fsp3) is 0.515. The van der Waals surface area contributed by atoms with Crippen molar-refractivity contribution in [1.82, 2.24) is 14.4 Å². The molecule has 0 bridgehead atoms. The van der Waals surface area contributed by atoms with Gasteiger partial charge in [0.25, 0.3) is 0 Å². The number of hydrogen-bond acceptors (Lipinski definition) is 7. The molecule has 1 saturated heterocycles. The molecule has 41 heavy (non-hydrogen) atoms. The van der Waals surface area contributed by atoms with Crippen LogP contribution in [0.25, 0.3) is 10.9 Å². The van der Waals surface area contributed by atoms with Gasteiger partial charge in [-0.05, 0) is 81.8 Å². The van der Waals surface area contributed by atoms with E-state index in [0.29, 0.717) is 12.1 Å². The number of benzene rings is 2. The average molecular weight is 562 g/mol. The summed E-state index contributed by atoms with van der Waals surface area (Å²) in [4.78, 5) is 30.3. The summed E-state index contributed by atoms with van der Waals surface area (Å²) in [5, 5.41) is 0.990. The van der Waals surface area contributed by atoms with Gasteiger partial charge in [0.1, 0.15) is 11.4 Å². The van der Waals surface area contributed by atoms with Crippen molar-refractivity contribution in [3.8, 4) is 5.75 Å². The molecule has 1 aromatic heterocycles. The Kier molecular flexibility index (Phi) is 8.43. The first-order valence-corrected chi connectivity index (χ1v) is 14.6. The summed E-state index contributed by atoms with van der Waals surface area (Å²) in [7, 11) is 3.11. The Morgan fingerprint density at radius 2 is 1.76 bits per heavy atom. The predicted molar refractivity (Wildman–Crippen MR) is 160 cm³/mol. The molecule has 0 radical (unpaired) electrons. The monoisotopic (exact) mass is 561 g/mol. The fourth-order valence-electron chi connectivity index (χ4n) is 6.12. The Morgan fingerprint density at radius 1 is 1.02 bits per heavy atom. The van der Waals surface area contributed by atoms with Crippen LogP contribution in [0.5, 0.6) is 5.75 Å². The van der Waals surface area contributed by atoms with Crippen LogP contribution in [0.2, 0.25) is 0 Å². The van der Waals surface area contributed by atoms with Crippen molar-refractivity contribution in [1.29, 1.82) is 0 Å². The number of esters is 1. The van der Waals surface area contributed by atoms with Gasteiger partial charge in [-0.25, -0.2) is 9.59 Å². The van der Waals surface area contributed by atoms with E-state index in [2.05, 4.69) is 21.9 Å². The van der Waals surface area contributed by atoms with E-state index < -0.39 is 5.60 Å². The van der Waals surface area contributed by atoms with Crippen LogP contribution >= 0.6 is 0 Å². The second-order valence-electron chi connectivity index (χ2n) is 12.5. The number of rotatable bonds is 7. The number of fused-ring (bicyclic) bond motifs is 1. The smallest absolute Gasteiger partial charge is 0.419 e. The first kappa shape index (κ1) is 29.1. The van der Waals surface area contributed by atoms with E-state index in [1.54, 1.807) is 17.9 Å². The van der Waals surface area contributed by atoms with Crippen molar-refractivity contribution in [3.63, 3.8) is 0 Å². The Labute approximate surface area is 243 Å². The van der Waals surface area contributed by atoms with E-state index in [1.807, 2.05) is 52.0 Å². The summed E-state index contributed by atoms with van der Waals surface area (Å²) in [6, 6.07) is 12.0. The highest BCUT2D eigenvalue weighted by molar-refractivity contribution is 5.95. The van der Waals surface area contributed by atoms with Gasteiger partial charge in [-0.3, -0.25) is 14.4 Å². The van der Waals surface area contributed by atoms with Crippen LogP contribution in [0.4, 0.5) is 4.79 Å². The molecule has 8 nitrogen and oxygen atoms in total. The van der Waals surface area contributed by atoms with E-state index in [1.165, 1.54) is 31.9 Å². The molecular formula is C33H43N3O5. The zero-order valence-electron chi connectivity index (χ0n) is 25.2. The molecule has 0 amide bonds. The number of hydrogen-bond donors (Lipinski definition) is 0. The Balaban J connectivity index is 1.49. The maximum atomic E-state index is 13.1. The highest BCUT2D eigenvalue weighted by atomic mass is 16.6. The molecule has 8 heteroatoms. The van der Waals surface area contributed by atoms with E-state index in [4.69, 9.17) is 14.2 Å². The minimum atomic E-state index is -0.591. The quantitative estimate of drug-likeness (QED) is 0.319. The van der Waals surface area contributed by atoms with Crippen LogP contribution in [0.15, 0.2) is 42.6 Å². The van der Waals surface area contributed by atoms with Crippen molar-refractivity contribution in [2.75, 3.05) is 40.4 Å². The van der Waals surface area contributed by atoms with Crippen molar-refractivity contribution in [3.05, 3.63) is 64.8 Å². The van der Waals surface area contributed by atoms with Gasteiger partial charge in [-0.1, -0.05) is 18.6 Å². The number of aryl methyl sites for hydroxylation is 1. The van der Waals surface area contributed by atoms with Gasteiger partial charge in [-0.2, -0.15) is 0 Å². The number of aromatic nitrogens is 1. The normalized spacial score (nSPS) is 18.7. The predicted octanol–water partition coefficient (Wildman–Crippen LogP) is 6.19. The second kappa shape index (κ2) is 11.9. The lowest BCUT2D eigenvalue weighted by Crippen LogP contribution is -2.49. The molecule has 0 N–H and O–H groups in total. The molecule has 3 aromatic rings. The molecule has 1 saturated carbocycles. The number of piperazine rings is 1. The molecule has 2 heterocycles. The summed E-state index contributed by atoms with van der Waals surface area (Å²) in [5.74, 6) is 1.28. The van der Waals surface area contributed by atoms with Crippen molar-refractivity contribution < 1.29 is 23.8 Å². The minimum Gasteiger partial charge on any atom is -0.496 e. The summed E-state index contributed by atoms with van der Waals surface area (Å²) in [6.07, 6.45) is 5.40. The number of nitrogens with zero attached hydrogens (tertiary/aromatic N) is 3. The number of carbonyl (C=O) groups excluding carboxylic acids is 2. The minimum absolute atomic E-state index is 0.143. The molecule has 5 rings (SSSR count). The van der Waals surface area contributed by atoms with Crippen LogP contribution in [-0.2, 0) is 16.0 Å². The van der Waals surface area contributed by atoms with E-state index in [9.17, 15) is 9.59 Å². The highest BCUT2D eigenvalue weighted by Crippen LogP contribution is 2.37. The maximum absolute atomic E-state index is 13.1. The number of methoxy groups -OCH3 is 2. The van der Waals surface area contributed by atoms with Gasteiger partial charge in [0.2, 0.25) is 0 Å². The molecule has 220 valence electrons. The lowest BCUT2D eigenvalue weighted by molar-refractivity contribution is 0.0491. The molecule has 0 spiro atoms. The Bertz CT molecular complexity index is 1400. The summed E-state index contributed by atoms with van der Waals surface area (Å²) in [5.41, 5.74) is 3.99. The zero-order chi connectivity index (χ0) is 29.3. The number of carbonyl (C=O) groups is 2. The topological polar surface area (TPSA) is 73.2 Å². The fourth-order valence-corrected chi connectivity index (χ4v) is 6.12. The molecule has 1 aliphatic carbocycles. The van der Waals surface area contributed by atoms with Crippen molar-refractivity contribution in [2.24, 2.45) is 5.92 Å². The lowest BCUT2D eigenvalue weighted by atomic mass is 9.84. The standard InChI is InChI=1S/C33H43N3O5/c1-22-18-29(39-5)27(26-14-15-36(30(22)26)32(38)41-33(2,3)4)20-35-17-16-34(19-23-8-7-9-23)21-28(35)24-10-12-25(13-11-24)31(37)40-6/h10-15,18,23,28H,7-9,16-17,19-21H2,1-6H3. The summed E-state index contributed by atoms with van der Waals surface area (Å²) in [6.45, 7) is 12.3. The van der Waals surface area contributed by atoms with Gasteiger partial charge in [0.05, 0.1) is 25.3 Å². The lowest BCUT2D eigenvalue weighted by Gasteiger charge is -2.44. The SMILES string of the molecule is COC(=O)c1ccc(C2CN(CC3CCC3)CCN2Cc2c(OC)cc(C)c3c2ccn3C(=O)OC(C)(C)C)cc1. The first-order valence-electron chi connectivity index (χ1n) is 14.6. The largest absolute Gasteiger partial charge is 0.496 e. The van der Waals surface area contributed by atoms with Gasteiger partial charge in [0, 0.05) is 55.9 Å². The van der Waals surface area contributed by atoms with Crippen LogP contribution in [-0.4, -0.2) is 72.4 Å². The van der Waals surface area contributed by atoms with Crippen LogP contribution in [0, 0.1) is 12.8 Å². The van der Waals surface area contributed by atoms with Gasteiger partial charge >= 0.3 is 12.1 Å². The van der Waals surface area contributed by atoms with E-state index in [0.717, 1.165) is 59.9 Å². The summed E-state index contributed by atoms with van der Waals surface area (Å²) < 4.78 is 18.1. The second-order valence-corrected chi connectivity index (χ2v) is 12.5. The zero-order valence-corrected chi connectivity index (χ0v) is 25.2. The molecule has 2 aliphatic rings. The van der Waals surface area contributed by atoms with Crippen LogP contribution in [0.3, 0.4) is 0 Å². The Hall–Kier alpha value is -3.36. The van der Waals surface area contributed by atoms with Crippen LogP contribution in [0.1, 0.15) is 73.1 Å². The molecule has 2 fully saturated rings. The van der Waals surface area contributed by atoms with Gasteiger partial charge in [-0.15, -0.1) is 0 Å². The van der Waals surface area contributed by atoms with Crippen molar-refractivity contribution >= 4 is 23.0 Å². The van der Waals surface area contributed by atoms with E-state index in [-0.39, 0.29) is 18.1 Å². The average Bonchev–Trinajstić information content (AvgIpc) is 3.38.